The van der Waals surface area contributed by atoms with E-state index < -0.39 is 26.9 Å². The number of rotatable bonds is 3. The van der Waals surface area contributed by atoms with Crippen LogP contribution in [0.15, 0.2) is 22.0 Å². The molecule has 1 aliphatic heterocycles. The maximum Gasteiger partial charge on any atom is 0.251 e. The second-order valence-corrected chi connectivity index (χ2v) is 7.98. The number of nitrogens with zero attached hydrogens (tertiary/aromatic N) is 1. The Morgan fingerprint density at radius 1 is 1.41 bits per heavy atom. The topological polar surface area (TPSA) is 108 Å². The number of anilines is 1. The standard InChI is InChI=1S/C13H16ClN3O4S/c1-6(2)22(20,21)11-8(14)4-5-9(10(11)18)16-13-15-7(3)12(19)17-13/h4-7,18H,1-3H3,(H2,15,16,17,19). The molecule has 0 spiro atoms. The van der Waals surface area contributed by atoms with Gasteiger partial charge in [-0.05, 0) is 32.9 Å². The number of aliphatic imine (C=N–C) groups is 1. The summed E-state index contributed by atoms with van der Waals surface area (Å²) in [4.78, 5) is 15.1. The van der Waals surface area contributed by atoms with Gasteiger partial charge >= 0.3 is 0 Å². The molecule has 0 radical (unpaired) electrons. The SMILES string of the molecule is CC1N=C(Nc2ccc(Cl)c(S(=O)(=O)C(C)C)c2O)NC1=O. The van der Waals surface area contributed by atoms with Crippen molar-refractivity contribution in [3.8, 4) is 5.75 Å². The molecule has 3 N–H and O–H groups in total. The van der Waals surface area contributed by atoms with E-state index in [0.29, 0.717) is 0 Å². The number of hydrogen-bond donors (Lipinski definition) is 3. The van der Waals surface area contributed by atoms with Crippen LogP contribution < -0.4 is 10.6 Å². The van der Waals surface area contributed by atoms with E-state index in [-0.39, 0.29) is 27.5 Å². The number of benzene rings is 1. The van der Waals surface area contributed by atoms with E-state index in [4.69, 9.17) is 11.6 Å². The Balaban J connectivity index is 2.45. The number of aromatic hydroxyl groups is 1. The normalized spacial score (nSPS) is 18.3. The minimum Gasteiger partial charge on any atom is -0.504 e. The quantitative estimate of drug-likeness (QED) is 0.720. The van der Waals surface area contributed by atoms with E-state index in [2.05, 4.69) is 15.6 Å². The molecule has 7 nitrogen and oxygen atoms in total. The molecular weight excluding hydrogens is 330 g/mol. The van der Waals surface area contributed by atoms with Gasteiger partial charge in [-0.2, -0.15) is 0 Å². The zero-order valence-electron chi connectivity index (χ0n) is 12.2. The molecule has 1 amide bonds. The van der Waals surface area contributed by atoms with Crippen molar-refractivity contribution in [2.45, 2.75) is 37.0 Å². The Labute approximate surface area is 133 Å². The molecule has 9 heteroatoms. The van der Waals surface area contributed by atoms with Gasteiger partial charge in [0.2, 0.25) is 5.96 Å². The molecule has 22 heavy (non-hydrogen) atoms. The average molecular weight is 346 g/mol. The molecule has 1 aliphatic rings. The van der Waals surface area contributed by atoms with E-state index >= 15 is 0 Å². The molecule has 0 aromatic heterocycles. The molecule has 0 aliphatic carbocycles. The van der Waals surface area contributed by atoms with E-state index in [9.17, 15) is 18.3 Å². The smallest absolute Gasteiger partial charge is 0.251 e. The van der Waals surface area contributed by atoms with E-state index in [0.717, 1.165) is 0 Å². The van der Waals surface area contributed by atoms with Crippen LogP contribution in [0.4, 0.5) is 5.69 Å². The lowest BCUT2D eigenvalue weighted by Crippen LogP contribution is -2.32. The first-order valence-corrected chi connectivity index (χ1v) is 8.48. The number of nitrogens with one attached hydrogen (secondary N) is 2. The number of carbonyl (C=O) groups is 1. The molecule has 0 saturated carbocycles. The largest absolute Gasteiger partial charge is 0.504 e. The Hall–Kier alpha value is -1.80. The number of hydrogen-bond acceptors (Lipinski definition) is 6. The fourth-order valence-electron chi connectivity index (χ4n) is 1.85. The van der Waals surface area contributed by atoms with Gasteiger partial charge in [0.15, 0.2) is 15.6 Å². The van der Waals surface area contributed by atoms with Crippen molar-refractivity contribution in [2.24, 2.45) is 4.99 Å². The van der Waals surface area contributed by atoms with E-state index in [1.807, 2.05) is 0 Å². The zero-order valence-corrected chi connectivity index (χ0v) is 13.8. The Morgan fingerprint density at radius 2 is 2.05 bits per heavy atom. The summed E-state index contributed by atoms with van der Waals surface area (Å²) in [5, 5.41) is 14.6. The van der Waals surface area contributed by atoms with Gasteiger partial charge in [-0.3, -0.25) is 10.1 Å². The molecule has 0 fully saturated rings. The van der Waals surface area contributed by atoms with Gasteiger partial charge in [0.05, 0.1) is 16.0 Å². The number of carbonyl (C=O) groups excluding carboxylic acids is 1. The second kappa shape index (κ2) is 5.77. The first kappa shape index (κ1) is 16.6. The van der Waals surface area contributed by atoms with E-state index in [1.54, 1.807) is 6.92 Å². The van der Waals surface area contributed by atoms with Crippen LogP contribution in [0.3, 0.4) is 0 Å². The summed E-state index contributed by atoms with van der Waals surface area (Å²) in [6, 6.07) is 2.23. The molecule has 1 aromatic carbocycles. The first-order chi connectivity index (χ1) is 10.1. The van der Waals surface area contributed by atoms with Gasteiger partial charge in [-0.15, -0.1) is 0 Å². The zero-order chi connectivity index (χ0) is 16.7. The van der Waals surface area contributed by atoms with Crippen LogP contribution in [-0.4, -0.2) is 36.7 Å². The van der Waals surface area contributed by atoms with Crippen molar-refractivity contribution in [2.75, 3.05) is 5.32 Å². The molecule has 1 aromatic rings. The van der Waals surface area contributed by atoms with Gasteiger partial charge in [-0.25, -0.2) is 13.4 Å². The van der Waals surface area contributed by atoms with Crippen LogP contribution >= 0.6 is 11.6 Å². The van der Waals surface area contributed by atoms with Crippen LogP contribution in [0.25, 0.3) is 0 Å². The van der Waals surface area contributed by atoms with Gasteiger partial charge in [0.1, 0.15) is 10.9 Å². The predicted molar refractivity (Wildman–Crippen MR) is 84.1 cm³/mol. The summed E-state index contributed by atoms with van der Waals surface area (Å²) >= 11 is 5.93. The molecule has 1 heterocycles. The van der Waals surface area contributed by atoms with Gasteiger partial charge in [0, 0.05) is 0 Å². The summed E-state index contributed by atoms with van der Waals surface area (Å²) in [5.41, 5.74) is 0.0942. The number of phenolic OH excluding ortho intramolecular Hbond substituents is 1. The van der Waals surface area contributed by atoms with Crippen LogP contribution in [0, 0.1) is 0 Å². The van der Waals surface area contributed by atoms with E-state index in [1.165, 1.54) is 26.0 Å². The highest BCUT2D eigenvalue weighted by atomic mass is 35.5. The Kier molecular flexibility index (Phi) is 4.35. The summed E-state index contributed by atoms with van der Waals surface area (Å²) in [7, 11) is -3.77. The molecule has 2 rings (SSSR count). The minimum absolute atomic E-state index is 0.0671. The monoisotopic (exact) mass is 345 g/mol. The van der Waals surface area contributed by atoms with Gasteiger partial charge in [-0.1, -0.05) is 11.6 Å². The number of sulfone groups is 1. The summed E-state index contributed by atoms with van der Waals surface area (Å²) in [6.07, 6.45) is 0. The highest BCUT2D eigenvalue weighted by Crippen LogP contribution is 2.38. The van der Waals surface area contributed by atoms with Crippen LogP contribution in [-0.2, 0) is 14.6 Å². The first-order valence-electron chi connectivity index (χ1n) is 6.55. The van der Waals surface area contributed by atoms with Crippen molar-refractivity contribution in [1.82, 2.24) is 5.32 Å². The summed E-state index contributed by atoms with van der Waals surface area (Å²) in [6.45, 7) is 4.60. The van der Waals surface area contributed by atoms with Gasteiger partial charge < -0.3 is 10.4 Å². The van der Waals surface area contributed by atoms with Crippen LogP contribution in [0.2, 0.25) is 5.02 Å². The number of guanidine groups is 1. The highest BCUT2D eigenvalue weighted by molar-refractivity contribution is 7.92. The average Bonchev–Trinajstić information content (AvgIpc) is 2.71. The minimum atomic E-state index is -3.77. The van der Waals surface area contributed by atoms with Crippen molar-refractivity contribution < 1.29 is 18.3 Å². The third-order valence-electron chi connectivity index (χ3n) is 3.19. The van der Waals surface area contributed by atoms with Crippen molar-refractivity contribution >= 4 is 39.0 Å². The summed E-state index contributed by atoms with van der Waals surface area (Å²) in [5.74, 6) is -0.647. The second-order valence-electron chi connectivity index (χ2n) is 5.13. The number of halogens is 1. The Bertz CT molecular complexity index is 759. The maximum atomic E-state index is 12.3. The number of phenols is 1. The number of amides is 1. The van der Waals surface area contributed by atoms with Crippen molar-refractivity contribution in [1.29, 1.82) is 0 Å². The summed E-state index contributed by atoms with van der Waals surface area (Å²) < 4.78 is 24.6. The Morgan fingerprint density at radius 3 is 2.55 bits per heavy atom. The lowest BCUT2D eigenvalue weighted by molar-refractivity contribution is -0.119. The van der Waals surface area contributed by atoms with Crippen molar-refractivity contribution in [3.63, 3.8) is 0 Å². The van der Waals surface area contributed by atoms with Crippen molar-refractivity contribution in [3.05, 3.63) is 17.2 Å². The molecule has 0 saturated heterocycles. The third-order valence-corrected chi connectivity index (χ3v) is 5.84. The van der Waals surface area contributed by atoms with Crippen LogP contribution in [0.1, 0.15) is 20.8 Å². The fourth-order valence-corrected chi connectivity index (χ4v) is 3.52. The lowest BCUT2D eigenvalue weighted by atomic mass is 10.3. The maximum absolute atomic E-state index is 12.3. The van der Waals surface area contributed by atoms with Gasteiger partial charge in [0.25, 0.3) is 5.91 Å². The van der Waals surface area contributed by atoms with Crippen LogP contribution in [0.5, 0.6) is 5.75 Å². The molecule has 1 atom stereocenters. The highest BCUT2D eigenvalue weighted by Gasteiger charge is 2.29. The molecule has 120 valence electrons. The fraction of sp³-hybridized carbons (Fsp3) is 0.385. The molecule has 1 unspecified atom stereocenters. The predicted octanol–water partition coefficient (Wildman–Crippen LogP) is 1.51. The lowest BCUT2D eigenvalue weighted by Gasteiger charge is -2.15. The molecule has 0 bridgehead atoms. The molecular formula is C13H16ClN3O4S. The third kappa shape index (κ3) is 2.89.